The molecule has 0 fully saturated rings. The van der Waals surface area contributed by atoms with Crippen molar-refractivity contribution < 1.29 is 4.58 Å². The van der Waals surface area contributed by atoms with Crippen LogP contribution in [-0.2, 0) is 0 Å². The molecule has 3 nitrogen and oxygen atoms in total. The van der Waals surface area contributed by atoms with Crippen LogP contribution in [-0.4, -0.2) is 52.6 Å². The summed E-state index contributed by atoms with van der Waals surface area (Å²) in [5.41, 5.74) is 8.56. The molecule has 1 aliphatic heterocycles. The van der Waals surface area contributed by atoms with Crippen LogP contribution in [0.3, 0.4) is 0 Å². The van der Waals surface area contributed by atoms with E-state index < -0.39 is 0 Å². The molecule has 2 aromatic rings. The largest absolute Gasteiger partial charge is 0.378 e. The molecular weight excluding hydrogens is 422 g/mol. The quantitative estimate of drug-likeness (QED) is 0.518. The van der Waals surface area contributed by atoms with Gasteiger partial charge in [-0.05, 0) is 70.8 Å². The Kier molecular flexibility index (Phi) is 6.75. The summed E-state index contributed by atoms with van der Waals surface area (Å²) >= 11 is 1.84. The molecule has 0 radical (unpaired) electrons. The van der Waals surface area contributed by atoms with Gasteiger partial charge in [-0.3, -0.25) is 0 Å². The van der Waals surface area contributed by atoms with Gasteiger partial charge in [-0.1, -0.05) is 36.0 Å². The van der Waals surface area contributed by atoms with Crippen molar-refractivity contribution in [1.82, 2.24) is 0 Å². The number of rotatable bonds is 4. The summed E-state index contributed by atoms with van der Waals surface area (Å²) in [6.07, 6.45) is 13.5. The number of nitrogens with zero attached hydrogens (tertiary/aromatic N) is 3. The highest BCUT2D eigenvalue weighted by Gasteiger charge is 2.17. The zero-order valence-corrected chi connectivity index (χ0v) is 21.1. The molecule has 4 rings (SSSR count). The molecule has 33 heavy (non-hydrogen) atoms. The molecule has 0 unspecified atom stereocenters. The zero-order valence-electron chi connectivity index (χ0n) is 20.3. The van der Waals surface area contributed by atoms with Crippen molar-refractivity contribution in [2.75, 3.05) is 52.1 Å². The van der Waals surface area contributed by atoms with Gasteiger partial charge in [0.1, 0.15) is 14.1 Å². The van der Waals surface area contributed by atoms with Crippen LogP contribution in [0, 0.1) is 0 Å². The Morgan fingerprint density at radius 2 is 1.15 bits per heavy atom. The Balaban J connectivity index is 1.77. The predicted molar refractivity (Wildman–Crippen MR) is 148 cm³/mol. The summed E-state index contributed by atoms with van der Waals surface area (Å²) < 4.78 is 2.13. The van der Waals surface area contributed by atoms with Crippen molar-refractivity contribution in [3.63, 3.8) is 0 Å². The fraction of sp³-hybridized carbons (Fsp3) is 0.207. The smallest absolute Gasteiger partial charge is 0.199 e. The standard InChI is InChI=1S/C29H32N3S/c1-30(2)25-13-7-21(8-14-25)24-19-28(22-9-15-26(16-10-22)31(3)4)33-29(20-24)23-11-17-27(18-12-23)32(5)6/h7-20H,1-6H3/q+1. The molecule has 0 N–H and O–H groups in total. The van der Waals surface area contributed by atoms with E-state index in [1.165, 1.54) is 49.2 Å². The van der Waals surface area contributed by atoms with Crippen molar-refractivity contribution in [2.45, 2.75) is 0 Å². The summed E-state index contributed by atoms with van der Waals surface area (Å²) in [5.74, 6) is 0. The molecule has 1 aliphatic carbocycles. The molecule has 2 aliphatic rings. The second-order valence-electron chi connectivity index (χ2n) is 8.90. The molecule has 0 spiro atoms. The van der Waals surface area contributed by atoms with Crippen molar-refractivity contribution in [2.24, 2.45) is 0 Å². The minimum Gasteiger partial charge on any atom is -0.378 e. The minimum absolute atomic E-state index is 1.21. The van der Waals surface area contributed by atoms with Gasteiger partial charge in [-0.2, -0.15) is 0 Å². The maximum Gasteiger partial charge on any atom is 0.199 e. The Bertz CT molecular complexity index is 1200. The van der Waals surface area contributed by atoms with Crippen LogP contribution >= 0.6 is 11.8 Å². The third-order valence-electron chi connectivity index (χ3n) is 5.85. The van der Waals surface area contributed by atoms with Gasteiger partial charge < -0.3 is 9.80 Å². The molecule has 0 bridgehead atoms. The summed E-state index contributed by atoms with van der Waals surface area (Å²) in [5, 5.41) is 0. The minimum atomic E-state index is 1.21. The van der Waals surface area contributed by atoms with Crippen LogP contribution < -0.4 is 9.80 Å². The van der Waals surface area contributed by atoms with Gasteiger partial charge in [0.05, 0.1) is 0 Å². The van der Waals surface area contributed by atoms with Gasteiger partial charge in [-0.25, -0.2) is 4.58 Å². The molecule has 0 saturated heterocycles. The number of hydrogen-bond donors (Lipinski definition) is 0. The average molecular weight is 455 g/mol. The highest BCUT2D eigenvalue weighted by Crippen LogP contribution is 2.44. The number of hydrogen-bond acceptors (Lipinski definition) is 3. The van der Waals surface area contributed by atoms with E-state index in [2.05, 4.69) is 142 Å². The third kappa shape index (κ3) is 5.23. The first-order valence-electron chi connectivity index (χ1n) is 11.1. The summed E-state index contributed by atoms with van der Waals surface area (Å²) in [6.45, 7) is 0. The monoisotopic (exact) mass is 454 g/mol. The summed E-state index contributed by atoms with van der Waals surface area (Å²) in [7, 11) is 12.4. The Morgan fingerprint density at radius 3 is 1.64 bits per heavy atom. The number of allylic oxidation sites excluding steroid dienone is 8. The second-order valence-corrected chi connectivity index (χ2v) is 9.98. The van der Waals surface area contributed by atoms with E-state index in [1.807, 2.05) is 11.8 Å². The lowest BCUT2D eigenvalue weighted by Crippen LogP contribution is -2.10. The van der Waals surface area contributed by atoms with Crippen LogP contribution in [0.25, 0.3) is 10.5 Å². The Morgan fingerprint density at radius 1 is 0.636 bits per heavy atom. The number of thioether (sulfide) groups is 1. The van der Waals surface area contributed by atoms with E-state index in [0.29, 0.717) is 0 Å². The van der Waals surface area contributed by atoms with Crippen LogP contribution in [0.5, 0.6) is 0 Å². The van der Waals surface area contributed by atoms with Gasteiger partial charge in [-0.15, -0.1) is 0 Å². The van der Waals surface area contributed by atoms with Gasteiger partial charge in [0.2, 0.25) is 0 Å². The maximum atomic E-state index is 2.32. The number of anilines is 2. The summed E-state index contributed by atoms with van der Waals surface area (Å²) in [4.78, 5) is 6.79. The highest BCUT2D eigenvalue weighted by molar-refractivity contribution is 8.12. The lowest BCUT2D eigenvalue weighted by Gasteiger charge is -2.20. The molecule has 168 valence electrons. The van der Waals surface area contributed by atoms with E-state index in [-0.39, 0.29) is 0 Å². The molecule has 0 aromatic heterocycles. The molecule has 0 saturated carbocycles. The van der Waals surface area contributed by atoms with Crippen LogP contribution in [0.15, 0.2) is 95.5 Å². The Hall–Kier alpha value is -3.24. The van der Waals surface area contributed by atoms with E-state index >= 15 is 0 Å². The van der Waals surface area contributed by atoms with E-state index in [0.717, 1.165) is 0 Å². The molecule has 4 heteroatoms. The van der Waals surface area contributed by atoms with Gasteiger partial charge in [0.25, 0.3) is 0 Å². The second kappa shape index (κ2) is 9.72. The highest BCUT2D eigenvalue weighted by atomic mass is 32.2. The summed E-state index contributed by atoms with van der Waals surface area (Å²) in [6, 6.07) is 17.6. The van der Waals surface area contributed by atoms with Crippen LogP contribution in [0.4, 0.5) is 11.4 Å². The zero-order chi connectivity index (χ0) is 23.5. The van der Waals surface area contributed by atoms with Crippen molar-refractivity contribution >= 4 is 39.3 Å². The lowest BCUT2D eigenvalue weighted by molar-refractivity contribution is -0.462. The molecule has 2 aromatic carbocycles. The van der Waals surface area contributed by atoms with E-state index in [1.54, 1.807) is 0 Å². The molecule has 0 amide bonds. The predicted octanol–water partition coefficient (Wildman–Crippen LogP) is 6.08. The first kappa shape index (κ1) is 22.9. The first-order chi connectivity index (χ1) is 15.8. The van der Waals surface area contributed by atoms with Gasteiger partial charge in [0, 0.05) is 61.5 Å². The van der Waals surface area contributed by atoms with Gasteiger partial charge >= 0.3 is 0 Å². The van der Waals surface area contributed by atoms with Crippen LogP contribution in [0.2, 0.25) is 0 Å². The average Bonchev–Trinajstić information content (AvgIpc) is 2.84. The van der Waals surface area contributed by atoms with Gasteiger partial charge in [0.15, 0.2) is 5.71 Å². The van der Waals surface area contributed by atoms with Crippen molar-refractivity contribution in [1.29, 1.82) is 0 Å². The first-order valence-corrected chi connectivity index (χ1v) is 11.9. The van der Waals surface area contributed by atoms with Crippen LogP contribution in [0.1, 0.15) is 11.1 Å². The molecule has 1 heterocycles. The fourth-order valence-electron chi connectivity index (χ4n) is 3.75. The van der Waals surface area contributed by atoms with Crippen molar-refractivity contribution in [3.8, 4) is 0 Å². The maximum absolute atomic E-state index is 2.32. The van der Waals surface area contributed by atoms with Crippen molar-refractivity contribution in [3.05, 3.63) is 107 Å². The normalized spacial score (nSPS) is 15.4. The lowest BCUT2D eigenvalue weighted by atomic mass is 10.0. The van der Waals surface area contributed by atoms with E-state index in [9.17, 15) is 0 Å². The third-order valence-corrected chi connectivity index (χ3v) is 6.99. The SMILES string of the molecule is CN(C)c1ccc(C2=CC(=C3C=CC(=[N+](C)C)C=C3)SC(c3ccc(N(C)C)cc3)=C2)cc1. The number of benzene rings is 2. The molecule has 0 atom stereocenters. The molecular formula is C29H32N3S+. The topological polar surface area (TPSA) is 9.49 Å². The van der Waals surface area contributed by atoms with E-state index in [4.69, 9.17) is 0 Å². The fourth-order valence-corrected chi connectivity index (χ4v) is 4.87. The Labute approximate surface area is 202 Å².